The fraction of sp³-hybridized carbons (Fsp3) is 0.750. The highest BCUT2D eigenvalue weighted by Gasteiger charge is 2.26. The normalized spacial score (nSPS) is 10.4. The topological polar surface area (TPSA) is 116 Å². The minimum Gasteiger partial charge on any atom is -0.287 e. The van der Waals surface area contributed by atoms with Crippen molar-refractivity contribution in [3.8, 4) is 18.2 Å². The summed E-state index contributed by atoms with van der Waals surface area (Å²) in [4.78, 5) is 0. The number of hydrogen-bond acceptors (Lipinski definition) is 7. The molecule has 0 saturated carbocycles. The molecule has 0 bridgehead atoms. The predicted octanol–water partition coefficient (Wildman–Crippen LogP) is 3.06. The molecule has 0 saturated heterocycles. The molecule has 0 amide bonds. The van der Waals surface area contributed by atoms with Gasteiger partial charge in [-0.1, -0.05) is 0 Å². The summed E-state index contributed by atoms with van der Waals surface area (Å²) < 4.78 is 27.4. The number of nitrogens with zero attached hydrogens (tertiary/aromatic N) is 3. The van der Waals surface area contributed by atoms with Crippen molar-refractivity contribution in [3.05, 3.63) is 0 Å². The van der Waals surface area contributed by atoms with Crippen LogP contribution in [0.2, 0.25) is 0 Å². The Balaban J connectivity index is 4.14. The monoisotopic (exact) mass is 299 g/mol. The number of phosphoric ester groups is 1. The molecule has 0 aromatic heterocycles. The Labute approximate surface area is 119 Å². The molecule has 0 spiro atoms. The van der Waals surface area contributed by atoms with Gasteiger partial charge in [0.05, 0.1) is 38.0 Å². The molecule has 0 aliphatic heterocycles. The van der Waals surface area contributed by atoms with Crippen molar-refractivity contribution in [2.45, 2.75) is 38.5 Å². The number of nitriles is 3. The first-order chi connectivity index (χ1) is 9.68. The summed E-state index contributed by atoms with van der Waals surface area (Å²) in [5.74, 6) is 0. The molecule has 0 aliphatic carbocycles. The van der Waals surface area contributed by atoms with Crippen LogP contribution in [0.4, 0.5) is 0 Å². The van der Waals surface area contributed by atoms with E-state index in [2.05, 4.69) is 0 Å². The molecule has 0 N–H and O–H groups in total. The predicted molar refractivity (Wildman–Crippen MR) is 70.0 cm³/mol. The van der Waals surface area contributed by atoms with E-state index < -0.39 is 7.82 Å². The Bertz CT molecular complexity index is 360. The summed E-state index contributed by atoms with van der Waals surface area (Å²) in [5, 5.41) is 25.2. The van der Waals surface area contributed by atoms with Crippen LogP contribution in [0.1, 0.15) is 38.5 Å². The van der Waals surface area contributed by atoms with Crippen molar-refractivity contribution in [3.63, 3.8) is 0 Å². The SMILES string of the molecule is N#CCCCOP(=O)(OCCCC#N)OCCCC#N. The maximum absolute atomic E-state index is 12.2. The van der Waals surface area contributed by atoms with Crippen LogP contribution >= 0.6 is 7.82 Å². The molecule has 0 heterocycles. The molecule has 0 fully saturated rings. The van der Waals surface area contributed by atoms with E-state index in [9.17, 15) is 4.57 Å². The molecule has 8 heteroatoms. The van der Waals surface area contributed by atoms with Gasteiger partial charge in [0.1, 0.15) is 0 Å². The average molecular weight is 299 g/mol. The maximum Gasteiger partial charge on any atom is 0.474 e. The van der Waals surface area contributed by atoms with Crippen LogP contribution in [0.5, 0.6) is 0 Å². The second kappa shape index (κ2) is 12.6. The number of phosphoric acid groups is 1. The third-order valence-corrected chi connectivity index (χ3v) is 3.54. The molecule has 0 aromatic carbocycles. The summed E-state index contributed by atoms with van der Waals surface area (Å²) in [6.45, 7) is 0.296. The largest absolute Gasteiger partial charge is 0.474 e. The van der Waals surface area contributed by atoms with Crippen molar-refractivity contribution in [1.29, 1.82) is 15.8 Å². The zero-order valence-corrected chi connectivity index (χ0v) is 12.2. The van der Waals surface area contributed by atoms with Crippen LogP contribution < -0.4 is 0 Å². The summed E-state index contributed by atoms with van der Waals surface area (Å²) >= 11 is 0. The maximum atomic E-state index is 12.2. The summed E-state index contributed by atoms with van der Waals surface area (Å²) in [7, 11) is -3.67. The second-order valence-corrected chi connectivity index (χ2v) is 5.40. The van der Waals surface area contributed by atoms with Gasteiger partial charge in [-0.05, 0) is 19.3 Å². The van der Waals surface area contributed by atoms with E-state index in [0.29, 0.717) is 38.5 Å². The highest BCUT2D eigenvalue weighted by Crippen LogP contribution is 2.49. The van der Waals surface area contributed by atoms with Gasteiger partial charge in [0.25, 0.3) is 0 Å². The minimum absolute atomic E-state index is 0.0985. The van der Waals surface area contributed by atoms with Gasteiger partial charge in [-0.15, -0.1) is 0 Å². The molecule has 0 atom stereocenters. The van der Waals surface area contributed by atoms with Gasteiger partial charge in [0, 0.05) is 19.3 Å². The van der Waals surface area contributed by atoms with Crippen molar-refractivity contribution < 1.29 is 18.1 Å². The highest BCUT2D eigenvalue weighted by molar-refractivity contribution is 7.48. The summed E-state index contributed by atoms with van der Waals surface area (Å²) in [6, 6.07) is 5.85. The van der Waals surface area contributed by atoms with Gasteiger partial charge < -0.3 is 0 Å². The summed E-state index contributed by atoms with van der Waals surface area (Å²) in [5.41, 5.74) is 0. The molecular weight excluding hydrogens is 281 g/mol. The van der Waals surface area contributed by atoms with E-state index in [0.717, 1.165) is 0 Å². The smallest absolute Gasteiger partial charge is 0.287 e. The third kappa shape index (κ3) is 10.5. The van der Waals surface area contributed by atoms with Crippen LogP contribution in [0.3, 0.4) is 0 Å². The Morgan fingerprint density at radius 3 is 1.25 bits per heavy atom. The van der Waals surface area contributed by atoms with Gasteiger partial charge in [-0.3, -0.25) is 13.6 Å². The van der Waals surface area contributed by atoms with Gasteiger partial charge in [-0.2, -0.15) is 15.8 Å². The first kappa shape index (κ1) is 18.6. The van der Waals surface area contributed by atoms with Crippen LogP contribution in [0.25, 0.3) is 0 Å². The van der Waals surface area contributed by atoms with Gasteiger partial charge in [0.2, 0.25) is 0 Å². The zero-order chi connectivity index (χ0) is 15.1. The van der Waals surface area contributed by atoms with Gasteiger partial charge in [0.15, 0.2) is 0 Å². The van der Waals surface area contributed by atoms with E-state index >= 15 is 0 Å². The lowest BCUT2D eigenvalue weighted by Gasteiger charge is -2.17. The molecule has 7 nitrogen and oxygen atoms in total. The summed E-state index contributed by atoms with van der Waals surface area (Å²) in [6.07, 6.45) is 2.19. The zero-order valence-electron chi connectivity index (χ0n) is 11.3. The molecule has 0 aromatic rings. The molecule has 0 aliphatic rings. The lowest BCUT2D eigenvalue weighted by molar-refractivity contribution is 0.111. The molecule has 0 radical (unpaired) electrons. The lowest BCUT2D eigenvalue weighted by Crippen LogP contribution is -2.04. The van der Waals surface area contributed by atoms with Crippen molar-refractivity contribution >= 4 is 7.82 Å². The van der Waals surface area contributed by atoms with Gasteiger partial charge >= 0.3 is 7.82 Å². The minimum atomic E-state index is -3.67. The number of unbranched alkanes of at least 4 members (excludes halogenated alkanes) is 3. The lowest BCUT2D eigenvalue weighted by atomic mass is 10.4. The van der Waals surface area contributed by atoms with Crippen molar-refractivity contribution in [2.24, 2.45) is 0 Å². The van der Waals surface area contributed by atoms with Crippen LogP contribution in [0.15, 0.2) is 0 Å². The Morgan fingerprint density at radius 1 is 0.700 bits per heavy atom. The molecular formula is C12H18N3O4P. The Kier molecular flexibility index (Phi) is 11.7. The van der Waals surface area contributed by atoms with E-state index in [-0.39, 0.29) is 19.8 Å². The number of rotatable bonds is 12. The van der Waals surface area contributed by atoms with E-state index in [1.165, 1.54) is 0 Å². The quantitative estimate of drug-likeness (QED) is 0.401. The van der Waals surface area contributed by atoms with Crippen LogP contribution in [-0.4, -0.2) is 19.8 Å². The molecule has 20 heavy (non-hydrogen) atoms. The van der Waals surface area contributed by atoms with Crippen molar-refractivity contribution in [1.82, 2.24) is 0 Å². The van der Waals surface area contributed by atoms with E-state index in [1.54, 1.807) is 0 Å². The standard InChI is InChI=1S/C12H18N3O4P/c13-7-1-4-10-17-20(16,18-11-5-2-8-14)19-12-6-3-9-15/h1-6,10-12H2. The Hall–Kier alpha value is -1.42. The third-order valence-electron chi connectivity index (χ3n) is 2.05. The molecule has 0 unspecified atom stereocenters. The van der Waals surface area contributed by atoms with E-state index in [1.807, 2.05) is 18.2 Å². The number of hydrogen-bond donors (Lipinski definition) is 0. The van der Waals surface area contributed by atoms with E-state index in [4.69, 9.17) is 29.4 Å². The highest BCUT2D eigenvalue weighted by atomic mass is 31.2. The average Bonchev–Trinajstić information content (AvgIpc) is 2.45. The molecule has 0 rings (SSSR count). The fourth-order valence-electron chi connectivity index (χ4n) is 1.09. The van der Waals surface area contributed by atoms with Gasteiger partial charge in [-0.25, -0.2) is 4.57 Å². The molecule has 110 valence electrons. The fourth-order valence-corrected chi connectivity index (χ4v) is 2.38. The Morgan fingerprint density at radius 2 is 1.00 bits per heavy atom. The second-order valence-electron chi connectivity index (χ2n) is 3.73. The first-order valence-electron chi connectivity index (χ1n) is 6.33. The van der Waals surface area contributed by atoms with Crippen molar-refractivity contribution in [2.75, 3.05) is 19.8 Å². The van der Waals surface area contributed by atoms with Crippen LogP contribution in [-0.2, 0) is 18.1 Å². The first-order valence-corrected chi connectivity index (χ1v) is 7.79. The van der Waals surface area contributed by atoms with Crippen LogP contribution in [0, 0.1) is 34.0 Å².